The summed E-state index contributed by atoms with van der Waals surface area (Å²) in [6, 6.07) is 34.7. The minimum Gasteiger partial charge on any atom is -0.441 e. The van der Waals surface area contributed by atoms with Crippen molar-refractivity contribution in [1.29, 1.82) is 0 Å². The first kappa shape index (κ1) is 41.5. The second-order valence-corrected chi connectivity index (χ2v) is 20.5. The summed E-state index contributed by atoms with van der Waals surface area (Å²) in [6.45, 7) is 31.4. The van der Waals surface area contributed by atoms with E-state index in [9.17, 15) is 0 Å². The summed E-state index contributed by atoms with van der Waals surface area (Å²) in [5.74, 6) is 3.18. The van der Waals surface area contributed by atoms with Gasteiger partial charge < -0.3 is 18.1 Å². The summed E-state index contributed by atoms with van der Waals surface area (Å²) in [6.07, 6.45) is 0. The third-order valence-electron chi connectivity index (χ3n) is 10.4. The quantitative estimate of drug-likeness (QED) is 0.137. The largest absolute Gasteiger partial charge is 0.441 e. The lowest BCUT2D eigenvalue weighted by molar-refractivity contribution is 0.489. The van der Waals surface area contributed by atoms with E-state index in [-0.39, 0.29) is 39.7 Å². The van der Waals surface area contributed by atoms with Crippen LogP contribution in [-0.4, -0.2) is 0 Å². The van der Waals surface area contributed by atoms with E-state index in [4.69, 9.17) is 18.1 Å². The highest BCUT2D eigenvalue weighted by atomic mass is 31.1. The van der Waals surface area contributed by atoms with Crippen molar-refractivity contribution in [2.24, 2.45) is 0 Å². The van der Waals surface area contributed by atoms with Gasteiger partial charge in [-0.05, 0) is 116 Å². The third kappa shape index (κ3) is 9.20. The number of benzene rings is 6. The molecule has 6 rings (SSSR count). The molecule has 0 N–H and O–H groups in total. The van der Waals surface area contributed by atoms with Crippen LogP contribution in [0.25, 0.3) is 32.7 Å². The van der Waals surface area contributed by atoms with Gasteiger partial charge in [-0.1, -0.05) is 144 Å². The highest BCUT2D eigenvalue weighted by Gasteiger charge is 2.32. The molecule has 6 heteroatoms. The molecule has 2 atom stereocenters. The van der Waals surface area contributed by atoms with E-state index in [0.29, 0.717) is 0 Å². The van der Waals surface area contributed by atoms with Crippen molar-refractivity contribution in [2.75, 3.05) is 0 Å². The van der Waals surface area contributed by atoms with Crippen LogP contribution < -0.4 is 18.1 Å². The maximum Gasteiger partial charge on any atom is 0.275 e. The molecule has 0 spiro atoms. The van der Waals surface area contributed by atoms with Gasteiger partial charge in [-0.25, -0.2) is 0 Å². The molecule has 0 saturated carbocycles. The lowest BCUT2D eigenvalue weighted by Gasteiger charge is -2.30. The zero-order valence-corrected chi connectivity index (χ0v) is 37.9. The Morgan fingerprint density at radius 2 is 0.768 bits per heavy atom. The fourth-order valence-electron chi connectivity index (χ4n) is 7.11. The van der Waals surface area contributed by atoms with Crippen LogP contribution in [0, 0.1) is 13.8 Å². The molecule has 0 saturated heterocycles. The molecule has 0 radical (unpaired) electrons. The Bertz CT molecular complexity index is 2210. The molecule has 0 aromatic heterocycles. The molecule has 0 aliphatic rings. The molecule has 0 bridgehead atoms. The standard InChI is InChI=1S/C50H60O4P2/c1-31-17-15-19-37(25-31)51-55-53-45-41(49(9,10)11)29-33-27-35(47(3,4)5)21-23-39(33)43(45)44-40-24-22-36(48(6,7)8)28-34(40)30-42(50(12,13)14)46(44)54-56-52-38-20-16-18-32(2)26-38/h15-30,55-56H,1-14H3. The van der Waals surface area contributed by atoms with Crippen LogP contribution in [0.5, 0.6) is 23.0 Å². The first-order chi connectivity index (χ1) is 26.1. The van der Waals surface area contributed by atoms with Crippen LogP contribution in [-0.2, 0) is 21.7 Å². The summed E-state index contributed by atoms with van der Waals surface area (Å²) in [7, 11) is -0.545. The van der Waals surface area contributed by atoms with Crippen LogP contribution in [0.1, 0.15) is 116 Å². The molecule has 294 valence electrons. The Kier molecular flexibility index (Phi) is 11.6. The van der Waals surface area contributed by atoms with Crippen molar-refractivity contribution in [3.63, 3.8) is 0 Å². The average Bonchev–Trinajstić information content (AvgIpc) is 3.09. The maximum absolute atomic E-state index is 7.01. The van der Waals surface area contributed by atoms with Crippen LogP contribution in [0.15, 0.2) is 97.1 Å². The van der Waals surface area contributed by atoms with E-state index >= 15 is 0 Å². The van der Waals surface area contributed by atoms with E-state index in [1.807, 2.05) is 36.4 Å². The predicted octanol–water partition coefficient (Wildman–Crippen LogP) is 15.4. The van der Waals surface area contributed by atoms with Gasteiger partial charge in [0.15, 0.2) is 0 Å². The summed E-state index contributed by atoms with van der Waals surface area (Å²) in [5, 5.41) is 4.53. The van der Waals surface area contributed by atoms with Crippen molar-refractivity contribution in [1.82, 2.24) is 0 Å². The normalized spacial score (nSPS) is 13.0. The second-order valence-electron chi connectivity index (χ2n) is 19.3. The molecule has 0 aliphatic carbocycles. The maximum atomic E-state index is 7.01. The van der Waals surface area contributed by atoms with Crippen LogP contribution >= 0.6 is 18.1 Å². The Morgan fingerprint density at radius 1 is 0.393 bits per heavy atom. The number of hydrogen-bond acceptors (Lipinski definition) is 4. The predicted molar refractivity (Wildman–Crippen MR) is 243 cm³/mol. The Balaban J connectivity index is 1.71. The average molecular weight is 787 g/mol. The molecule has 0 amide bonds. The topological polar surface area (TPSA) is 36.9 Å². The van der Waals surface area contributed by atoms with Crippen molar-refractivity contribution >= 4 is 39.6 Å². The van der Waals surface area contributed by atoms with E-state index < -0.39 is 0 Å². The fraction of sp³-hybridized carbons (Fsp3) is 0.360. The Hall–Kier alpha value is -4.10. The minimum absolute atomic E-state index is 0.0286. The molecule has 4 nitrogen and oxygen atoms in total. The summed E-state index contributed by atoms with van der Waals surface area (Å²) in [5.41, 5.74) is 8.47. The molecule has 56 heavy (non-hydrogen) atoms. The van der Waals surface area contributed by atoms with Crippen LogP contribution in [0.4, 0.5) is 0 Å². The number of hydrogen-bond donors (Lipinski definition) is 0. The molecule has 0 fully saturated rings. The van der Waals surface area contributed by atoms with Gasteiger partial charge in [0.05, 0.1) is 0 Å². The molecule has 6 aromatic rings. The van der Waals surface area contributed by atoms with Crippen LogP contribution in [0.2, 0.25) is 0 Å². The minimum atomic E-state index is -0.273. The monoisotopic (exact) mass is 786 g/mol. The van der Waals surface area contributed by atoms with Gasteiger partial charge in [0, 0.05) is 22.3 Å². The molecule has 2 unspecified atom stereocenters. The van der Waals surface area contributed by atoms with E-state index in [1.54, 1.807) is 0 Å². The van der Waals surface area contributed by atoms with E-state index in [0.717, 1.165) is 77.9 Å². The SMILES string of the molecule is Cc1cccc(OPOc2c(C(C)(C)C)cc3cc(C(C)(C)C)ccc3c2-c2c(OPOc3cccc(C)c3)c(C(C)(C)C)cc3cc(C(C)(C)C)ccc23)c1. The summed E-state index contributed by atoms with van der Waals surface area (Å²) >= 11 is 0. The Labute approximate surface area is 339 Å². The second kappa shape index (κ2) is 15.7. The third-order valence-corrected chi connectivity index (χ3v) is 11.6. The molecule has 0 aliphatic heterocycles. The van der Waals surface area contributed by atoms with Gasteiger partial charge in [-0.2, -0.15) is 0 Å². The van der Waals surface area contributed by atoms with Gasteiger partial charge in [0.25, 0.3) is 18.1 Å². The Morgan fingerprint density at radius 3 is 1.09 bits per heavy atom. The number of aryl methyl sites for hydroxylation is 2. The van der Waals surface area contributed by atoms with Gasteiger partial charge in [-0.15, -0.1) is 0 Å². The first-order valence-corrected chi connectivity index (χ1v) is 21.3. The van der Waals surface area contributed by atoms with Crippen molar-refractivity contribution in [3.05, 3.63) is 130 Å². The van der Waals surface area contributed by atoms with Gasteiger partial charge in [0.1, 0.15) is 23.0 Å². The number of rotatable bonds is 9. The number of fused-ring (bicyclic) bond motifs is 2. The van der Waals surface area contributed by atoms with Gasteiger partial charge in [-0.3, -0.25) is 0 Å². The van der Waals surface area contributed by atoms with E-state index in [1.165, 1.54) is 11.1 Å². The lowest BCUT2D eigenvalue weighted by Crippen LogP contribution is -2.16. The molecule has 6 aromatic carbocycles. The molecular formula is C50H60O4P2. The highest BCUT2D eigenvalue weighted by Crippen LogP contribution is 2.54. The smallest absolute Gasteiger partial charge is 0.275 e. The fourth-order valence-corrected chi connectivity index (χ4v) is 8.23. The lowest BCUT2D eigenvalue weighted by atomic mass is 9.77. The highest BCUT2D eigenvalue weighted by molar-refractivity contribution is 7.27. The van der Waals surface area contributed by atoms with Crippen molar-refractivity contribution < 1.29 is 18.1 Å². The van der Waals surface area contributed by atoms with Crippen molar-refractivity contribution in [3.8, 4) is 34.1 Å². The van der Waals surface area contributed by atoms with Gasteiger partial charge in [0.2, 0.25) is 0 Å². The van der Waals surface area contributed by atoms with E-state index in [2.05, 4.69) is 158 Å². The zero-order valence-electron chi connectivity index (χ0n) is 35.9. The first-order valence-electron chi connectivity index (χ1n) is 19.7. The summed E-state index contributed by atoms with van der Waals surface area (Å²) < 4.78 is 26.7. The van der Waals surface area contributed by atoms with Crippen molar-refractivity contribution in [2.45, 2.75) is 119 Å². The van der Waals surface area contributed by atoms with Gasteiger partial charge >= 0.3 is 0 Å². The zero-order chi connectivity index (χ0) is 40.8. The molecular weight excluding hydrogens is 726 g/mol. The van der Waals surface area contributed by atoms with Crippen LogP contribution in [0.3, 0.4) is 0 Å². The molecule has 0 heterocycles. The summed E-state index contributed by atoms with van der Waals surface area (Å²) in [4.78, 5) is 0.